The number of benzene rings is 1. The Hall–Kier alpha value is -1.31. The molecule has 1 aliphatic heterocycles. The predicted octanol–water partition coefficient (Wildman–Crippen LogP) is 3.33. The second-order valence-corrected chi connectivity index (χ2v) is 3.17. The van der Waals surface area contributed by atoms with Crippen molar-refractivity contribution in [3.05, 3.63) is 34.9 Å². The molecule has 2 heteroatoms. The number of nitrogens with one attached hydrogen (secondary N) is 1. The molecule has 1 amide bonds. The molecule has 1 aromatic carbocycles. The Kier molecular flexibility index (Phi) is 7.27. The van der Waals surface area contributed by atoms with E-state index in [0.29, 0.717) is 0 Å². The van der Waals surface area contributed by atoms with E-state index in [9.17, 15) is 4.79 Å². The zero-order valence-corrected chi connectivity index (χ0v) is 11.1. The number of carbonyl (C=O) groups is 1. The summed E-state index contributed by atoms with van der Waals surface area (Å²) in [4.78, 5) is 11.3. The molecule has 0 saturated heterocycles. The average molecular weight is 221 g/mol. The molecule has 90 valence electrons. The Labute approximate surface area is 99.1 Å². The normalized spacial score (nSPS) is 12.2. The van der Waals surface area contributed by atoms with Crippen LogP contribution >= 0.6 is 0 Å². The third-order valence-electron chi connectivity index (χ3n) is 2.19. The van der Waals surface area contributed by atoms with Crippen molar-refractivity contribution in [3.63, 3.8) is 0 Å². The van der Waals surface area contributed by atoms with Crippen LogP contribution in [0.3, 0.4) is 0 Å². The standard InChI is InChI=1S/C10H11NO.2C2H6/c1-7-2-3-8-4-5-11-10(12)9(8)6-7;2*1-2/h2-3,6H,4-5H2,1H3,(H,11,12);2*1-2H3. The van der Waals surface area contributed by atoms with Crippen LogP contribution in [0.15, 0.2) is 18.2 Å². The number of fused-ring (bicyclic) bond motifs is 1. The van der Waals surface area contributed by atoms with Gasteiger partial charge in [-0.3, -0.25) is 4.79 Å². The van der Waals surface area contributed by atoms with Crippen molar-refractivity contribution in [2.45, 2.75) is 41.0 Å². The lowest BCUT2D eigenvalue weighted by Gasteiger charge is -2.16. The maximum atomic E-state index is 11.3. The van der Waals surface area contributed by atoms with E-state index in [1.54, 1.807) is 0 Å². The number of rotatable bonds is 0. The summed E-state index contributed by atoms with van der Waals surface area (Å²) >= 11 is 0. The molecular formula is C14H23NO. The Morgan fingerprint density at radius 1 is 1.12 bits per heavy atom. The van der Waals surface area contributed by atoms with Gasteiger partial charge in [-0.1, -0.05) is 45.4 Å². The lowest BCUT2D eigenvalue weighted by atomic mass is 9.98. The lowest BCUT2D eigenvalue weighted by Crippen LogP contribution is -2.31. The fourth-order valence-electron chi connectivity index (χ4n) is 1.53. The molecule has 16 heavy (non-hydrogen) atoms. The highest BCUT2D eigenvalue weighted by Gasteiger charge is 2.15. The third-order valence-corrected chi connectivity index (χ3v) is 2.19. The molecule has 0 fully saturated rings. The van der Waals surface area contributed by atoms with Crippen LogP contribution in [0.5, 0.6) is 0 Å². The van der Waals surface area contributed by atoms with Crippen LogP contribution in [0.1, 0.15) is 49.2 Å². The lowest BCUT2D eigenvalue weighted by molar-refractivity contribution is 0.0946. The second-order valence-electron chi connectivity index (χ2n) is 3.17. The van der Waals surface area contributed by atoms with Gasteiger partial charge in [-0.15, -0.1) is 0 Å². The zero-order chi connectivity index (χ0) is 12.6. The van der Waals surface area contributed by atoms with E-state index < -0.39 is 0 Å². The summed E-state index contributed by atoms with van der Waals surface area (Å²) in [6.45, 7) is 10.8. The topological polar surface area (TPSA) is 29.1 Å². The van der Waals surface area contributed by atoms with Crippen LogP contribution in [-0.2, 0) is 6.42 Å². The molecule has 0 aromatic heterocycles. The summed E-state index contributed by atoms with van der Waals surface area (Å²) in [7, 11) is 0. The minimum absolute atomic E-state index is 0.0694. The highest BCUT2D eigenvalue weighted by Crippen LogP contribution is 2.14. The number of hydrogen-bond acceptors (Lipinski definition) is 1. The summed E-state index contributed by atoms with van der Waals surface area (Å²) in [5.41, 5.74) is 3.16. The van der Waals surface area contributed by atoms with Crippen molar-refractivity contribution in [2.75, 3.05) is 6.54 Å². The molecule has 0 radical (unpaired) electrons. The first-order valence-electron chi connectivity index (χ1n) is 6.15. The maximum absolute atomic E-state index is 11.3. The van der Waals surface area contributed by atoms with Crippen LogP contribution in [-0.4, -0.2) is 12.5 Å². The van der Waals surface area contributed by atoms with Crippen LogP contribution < -0.4 is 5.32 Å². The van der Waals surface area contributed by atoms with Gasteiger partial charge in [-0.2, -0.15) is 0 Å². The van der Waals surface area contributed by atoms with Crippen molar-refractivity contribution in [3.8, 4) is 0 Å². The summed E-state index contributed by atoms with van der Waals surface area (Å²) in [5, 5.41) is 2.83. The van der Waals surface area contributed by atoms with Crippen LogP contribution in [0.4, 0.5) is 0 Å². The average Bonchev–Trinajstić information content (AvgIpc) is 2.35. The third kappa shape index (κ3) is 3.69. The molecule has 2 rings (SSSR count). The molecule has 0 saturated carbocycles. The zero-order valence-electron chi connectivity index (χ0n) is 11.1. The van der Waals surface area contributed by atoms with Gasteiger partial charge >= 0.3 is 0 Å². The highest BCUT2D eigenvalue weighted by atomic mass is 16.1. The van der Waals surface area contributed by atoms with E-state index in [0.717, 1.165) is 24.1 Å². The Bertz CT molecular complexity index is 332. The van der Waals surface area contributed by atoms with Gasteiger partial charge in [0.1, 0.15) is 0 Å². The molecule has 0 bridgehead atoms. The van der Waals surface area contributed by atoms with Crippen molar-refractivity contribution in [2.24, 2.45) is 0 Å². The first kappa shape index (κ1) is 14.7. The molecule has 1 N–H and O–H groups in total. The highest BCUT2D eigenvalue weighted by molar-refractivity contribution is 5.96. The smallest absolute Gasteiger partial charge is 0.251 e. The number of carbonyl (C=O) groups excluding carboxylic acids is 1. The van der Waals surface area contributed by atoms with E-state index in [4.69, 9.17) is 0 Å². The minimum Gasteiger partial charge on any atom is -0.352 e. The van der Waals surface area contributed by atoms with Gasteiger partial charge in [-0.25, -0.2) is 0 Å². The first-order valence-corrected chi connectivity index (χ1v) is 6.15. The van der Waals surface area contributed by atoms with Crippen LogP contribution in [0.2, 0.25) is 0 Å². The molecule has 1 aromatic rings. The number of hydrogen-bond donors (Lipinski definition) is 1. The molecule has 1 aliphatic rings. The van der Waals surface area contributed by atoms with Gasteiger partial charge in [-0.05, 0) is 25.0 Å². The van der Waals surface area contributed by atoms with Crippen LogP contribution in [0.25, 0.3) is 0 Å². The van der Waals surface area contributed by atoms with E-state index in [2.05, 4.69) is 11.4 Å². The van der Waals surface area contributed by atoms with Crippen molar-refractivity contribution < 1.29 is 4.79 Å². The summed E-state index contributed by atoms with van der Waals surface area (Å²) in [6, 6.07) is 6.05. The van der Waals surface area contributed by atoms with Gasteiger partial charge in [0, 0.05) is 12.1 Å². The number of amides is 1. The Balaban J connectivity index is 0.000000509. The van der Waals surface area contributed by atoms with Crippen molar-refractivity contribution in [1.29, 1.82) is 0 Å². The Morgan fingerprint density at radius 2 is 1.75 bits per heavy atom. The second kappa shape index (κ2) is 7.91. The Morgan fingerprint density at radius 3 is 2.38 bits per heavy atom. The van der Waals surface area contributed by atoms with E-state index in [1.165, 1.54) is 5.56 Å². The predicted molar refractivity (Wildman–Crippen MR) is 69.9 cm³/mol. The van der Waals surface area contributed by atoms with Gasteiger partial charge in [0.05, 0.1) is 0 Å². The summed E-state index contributed by atoms with van der Waals surface area (Å²) < 4.78 is 0. The molecule has 2 nitrogen and oxygen atoms in total. The molecule has 0 unspecified atom stereocenters. The van der Waals surface area contributed by atoms with E-state index >= 15 is 0 Å². The van der Waals surface area contributed by atoms with Crippen molar-refractivity contribution in [1.82, 2.24) is 5.32 Å². The first-order chi connectivity index (χ1) is 7.77. The van der Waals surface area contributed by atoms with E-state index in [1.807, 2.05) is 46.8 Å². The molecular weight excluding hydrogens is 198 g/mol. The SMILES string of the molecule is CC.CC.Cc1ccc2c(c1)C(=O)NCC2. The fraction of sp³-hybridized carbons (Fsp3) is 0.500. The van der Waals surface area contributed by atoms with Gasteiger partial charge < -0.3 is 5.32 Å². The molecule has 0 atom stereocenters. The summed E-state index contributed by atoms with van der Waals surface area (Å²) in [5.74, 6) is 0.0694. The van der Waals surface area contributed by atoms with Gasteiger partial charge in [0.15, 0.2) is 0 Å². The van der Waals surface area contributed by atoms with Gasteiger partial charge in [0.25, 0.3) is 5.91 Å². The molecule has 0 spiro atoms. The van der Waals surface area contributed by atoms with E-state index in [-0.39, 0.29) is 5.91 Å². The monoisotopic (exact) mass is 221 g/mol. The quantitative estimate of drug-likeness (QED) is 0.715. The number of aryl methyl sites for hydroxylation is 1. The van der Waals surface area contributed by atoms with Gasteiger partial charge in [0.2, 0.25) is 0 Å². The molecule has 0 aliphatic carbocycles. The van der Waals surface area contributed by atoms with Crippen LogP contribution in [0, 0.1) is 6.92 Å². The maximum Gasteiger partial charge on any atom is 0.251 e. The summed E-state index contributed by atoms with van der Waals surface area (Å²) in [6.07, 6.45) is 0.960. The molecule has 1 heterocycles. The largest absolute Gasteiger partial charge is 0.352 e. The van der Waals surface area contributed by atoms with Crippen molar-refractivity contribution >= 4 is 5.91 Å². The minimum atomic E-state index is 0.0694. The fourth-order valence-corrected chi connectivity index (χ4v) is 1.53.